The van der Waals surface area contributed by atoms with Gasteiger partial charge < -0.3 is 10.2 Å². The Balaban J connectivity index is 1.67. The summed E-state index contributed by atoms with van der Waals surface area (Å²) in [6.45, 7) is 3.90. The lowest BCUT2D eigenvalue weighted by atomic mass is 10.2. The summed E-state index contributed by atoms with van der Waals surface area (Å²) in [5.74, 6) is -0.390. The molecule has 6 nitrogen and oxygen atoms in total. The molecular weight excluding hydrogens is 336 g/mol. The van der Waals surface area contributed by atoms with Crippen molar-refractivity contribution in [3.63, 3.8) is 0 Å². The van der Waals surface area contributed by atoms with Gasteiger partial charge in [0.2, 0.25) is 5.91 Å². The van der Waals surface area contributed by atoms with Crippen LogP contribution in [0.2, 0.25) is 0 Å². The topological polar surface area (TPSA) is 67.2 Å². The fraction of sp³-hybridized carbons (Fsp3) is 0.278. The number of nitrogens with one attached hydrogen (secondary N) is 1. The van der Waals surface area contributed by atoms with Crippen molar-refractivity contribution in [3.05, 3.63) is 46.5 Å². The van der Waals surface area contributed by atoms with Gasteiger partial charge in [-0.25, -0.2) is 0 Å². The van der Waals surface area contributed by atoms with Gasteiger partial charge in [-0.05, 0) is 32.0 Å². The van der Waals surface area contributed by atoms with Gasteiger partial charge in [0.15, 0.2) is 0 Å². The molecule has 0 fully saturated rings. The third-order valence-corrected chi connectivity index (χ3v) is 5.16. The zero-order chi connectivity index (χ0) is 18.1. The average Bonchev–Trinajstić information content (AvgIpc) is 3.11. The first-order valence-electron chi connectivity index (χ1n) is 7.90. The number of thiophene rings is 1. The zero-order valence-electron chi connectivity index (χ0n) is 14.7. The van der Waals surface area contributed by atoms with Crippen LogP contribution in [0.4, 0.5) is 5.69 Å². The molecule has 1 N–H and O–H groups in total. The Kier molecular flexibility index (Phi) is 4.59. The average molecular weight is 356 g/mol. The molecule has 2 aromatic heterocycles. The van der Waals surface area contributed by atoms with E-state index in [0.29, 0.717) is 4.88 Å². The fourth-order valence-electron chi connectivity index (χ4n) is 2.62. The summed E-state index contributed by atoms with van der Waals surface area (Å²) in [7, 11) is 3.49. The number of anilines is 1. The first-order valence-corrected chi connectivity index (χ1v) is 8.72. The van der Waals surface area contributed by atoms with Gasteiger partial charge >= 0.3 is 0 Å². The van der Waals surface area contributed by atoms with E-state index in [1.165, 1.54) is 16.2 Å². The normalized spacial score (nSPS) is 10.9. The molecule has 0 saturated carbocycles. The van der Waals surface area contributed by atoms with Gasteiger partial charge in [0, 0.05) is 25.2 Å². The molecule has 3 aromatic rings. The number of aromatic nitrogens is 2. The van der Waals surface area contributed by atoms with Crippen molar-refractivity contribution in [3.8, 4) is 0 Å². The minimum atomic E-state index is -0.223. The first kappa shape index (κ1) is 17.2. The summed E-state index contributed by atoms with van der Waals surface area (Å²) in [6.07, 6.45) is 0. The van der Waals surface area contributed by atoms with Gasteiger partial charge in [-0.15, -0.1) is 11.3 Å². The van der Waals surface area contributed by atoms with Crippen molar-refractivity contribution in [2.45, 2.75) is 13.8 Å². The Hall–Kier alpha value is -2.67. The van der Waals surface area contributed by atoms with Crippen LogP contribution < -0.4 is 5.32 Å². The summed E-state index contributed by atoms with van der Waals surface area (Å²) in [5, 5.41) is 8.12. The van der Waals surface area contributed by atoms with Gasteiger partial charge in [-0.1, -0.05) is 17.7 Å². The predicted octanol–water partition coefficient (Wildman–Crippen LogP) is 2.96. The van der Waals surface area contributed by atoms with Gasteiger partial charge in [0.1, 0.15) is 4.83 Å². The van der Waals surface area contributed by atoms with Crippen LogP contribution in [-0.4, -0.2) is 40.1 Å². The van der Waals surface area contributed by atoms with E-state index < -0.39 is 0 Å². The molecule has 25 heavy (non-hydrogen) atoms. The molecule has 0 aliphatic carbocycles. The molecule has 0 aliphatic rings. The van der Waals surface area contributed by atoms with Gasteiger partial charge in [-0.3, -0.25) is 14.3 Å². The van der Waals surface area contributed by atoms with Crippen molar-refractivity contribution in [2.75, 3.05) is 18.9 Å². The minimum Gasteiger partial charge on any atom is -0.332 e. The summed E-state index contributed by atoms with van der Waals surface area (Å²) < 4.78 is 1.77. The number of amides is 2. The van der Waals surface area contributed by atoms with E-state index in [2.05, 4.69) is 10.4 Å². The molecular formula is C18H20N4O2S. The highest BCUT2D eigenvalue weighted by atomic mass is 32.1. The number of fused-ring (bicyclic) bond motifs is 1. The van der Waals surface area contributed by atoms with E-state index in [-0.39, 0.29) is 18.4 Å². The molecule has 0 radical (unpaired) electrons. The Morgan fingerprint density at radius 1 is 1.24 bits per heavy atom. The van der Waals surface area contributed by atoms with Crippen molar-refractivity contribution in [2.24, 2.45) is 7.05 Å². The number of rotatable bonds is 4. The molecule has 130 valence electrons. The SMILES string of the molecule is Cc1ccc(NC(=O)CN(C)C(=O)c2cc3c(C)nn(C)c3s2)cc1. The number of hydrogen-bond acceptors (Lipinski definition) is 4. The second kappa shape index (κ2) is 6.68. The molecule has 2 heterocycles. The number of benzene rings is 1. The van der Waals surface area contributed by atoms with Crippen LogP contribution in [0.15, 0.2) is 30.3 Å². The molecule has 2 amide bonds. The highest BCUT2D eigenvalue weighted by Crippen LogP contribution is 2.28. The number of carbonyl (C=O) groups excluding carboxylic acids is 2. The number of nitrogens with zero attached hydrogens (tertiary/aromatic N) is 3. The molecule has 0 aliphatic heterocycles. The molecule has 0 bridgehead atoms. The lowest BCUT2D eigenvalue weighted by Crippen LogP contribution is -2.34. The highest BCUT2D eigenvalue weighted by Gasteiger charge is 2.19. The fourth-order valence-corrected chi connectivity index (χ4v) is 3.74. The highest BCUT2D eigenvalue weighted by molar-refractivity contribution is 7.20. The minimum absolute atomic E-state index is 0.00180. The van der Waals surface area contributed by atoms with Crippen LogP contribution in [0, 0.1) is 13.8 Å². The second-order valence-corrected chi connectivity index (χ2v) is 7.14. The Morgan fingerprint density at radius 2 is 1.92 bits per heavy atom. The number of aryl methyl sites for hydroxylation is 3. The summed E-state index contributed by atoms with van der Waals surface area (Å²) in [5.41, 5.74) is 2.74. The maximum atomic E-state index is 12.6. The van der Waals surface area contributed by atoms with E-state index in [1.807, 2.05) is 51.2 Å². The molecule has 7 heteroatoms. The van der Waals surface area contributed by atoms with Gasteiger partial charge in [0.05, 0.1) is 17.1 Å². The second-order valence-electron chi connectivity index (χ2n) is 6.11. The van der Waals surface area contributed by atoms with Crippen molar-refractivity contribution >= 4 is 39.1 Å². The van der Waals surface area contributed by atoms with E-state index in [0.717, 1.165) is 27.2 Å². The van der Waals surface area contributed by atoms with Crippen LogP contribution >= 0.6 is 11.3 Å². The van der Waals surface area contributed by atoms with Crippen LogP contribution in [0.1, 0.15) is 20.9 Å². The lowest BCUT2D eigenvalue weighted by Gasteiger charge is -2.16. The molecule has 0 spiro atoms. The zero-order valence-corrected chi connectivity index (χ0v) is 15.5. The summed E-state index contributed by atoms with van der Waals surface area (Å²) in [4.78, 5) is 27.7. The van der Waals surface area contributed by atoms with Crippen molar-refractivity contribution in [1.82, 2.24) is 14.7 Å². The van der Waals surface area contributed by atoms with Crippen LogP contribution in [0.5, 0.6) is 0 Å². The van der Waals surface area contributed by atoms with Crippen molar-refractivity contribution in [1.29, 1.82) is 0 Å². The summed E-state index contributed by atoms with van der Waals surface area (Å²) in [6, 6.07) is 9.39. The molecule has 0 saturated heterocycles. The maximum absolute atomic E-state index is 12.6. The van der Waals surface area contributed by atoms with E-state index in [9.17, 15) is 9.59 Å². The molecule has 0 atom stereocenters. The Labute approximate surface area is 150 Å². The van der Waals surface area contributed by atoms with Crippen LogP contribution in [0.25, 0.3) is 10.2 Å². The molecule has 0 unspecified atom stereocenters. The van der Waals surface area contributed by atoms with Gasteiger partial charge in [-0.2, -0.15) is 5.10 Å². The number of hydrogen-bond donors (Lipinski definition) is 1. The van der Waals surface area contributed by atoms with E-state index >= 15 is 0 Å². The smallest absolute Gasteiger partial charge is 0.264 e. The van der Waals surface area contributed by atoms with Crippen LogP contribution in [-0.2, 0) is 11.8 Å². The number of carbonyl (C=O) groups is 2. The monoisotopic (exact) mass is 356 g/mol. The maximum Gasteiger partial charge on any atom is 0.264 e. The third kappa shape index (κ3) is 3.56. The predicted molar refractivity (Wildman–Crippen MR) is 100 cm³/mol. The lowest BCUT2D eigenvalue weighted by molar-refractivity contribution is -0.116. The number of likely N-dealkylation sites (N-methyl/N-ethyl adjacent to an activating group) is 1. The van der Waals surface area contributed by atoms with Crippen LogP contribution in [0.3, 0.4) is 0 Å². The largest absolute Gasteiger partial charge is 0.332 e. The Morgan fingerprint density at radius 3 is 2.56 bits per heavy atom. The molecule has 1 aromatic carbocycles. The Bertz CT molecular complexity index is 906. The summed E-state index contributed by atoms with van der Waals surface area (Å²) >= 11 is 1.39. The quantitative estimate of drug-likeness (QED) is 0.781. The van der Waals surface area contributed by atoms with E-state index in [1.54, 1.807) is 11.7 Å². The first-order chi connectivity index (χ1) is 11.8. The molecule has 3 rings (SSSR count). The van der Waals surface area contributed by atoms with Crippen molar-refractivity contribution < 1.29 is 9.59 Å². The third-order valence-electron chi connectivity index (χ3n) is 3.97. The van der Waals surface area contributed by atoms with E-state index in [4.69, 9.17) is 0 Å². The van der Waals surface area contributed by atoms with Gasteiger partial charge in [0.25, 0.3) is 5.91 Å². The standard InChI is InChI=1S/C18H20N4O2S/c1-11-5-7-13(8-6-11)19-16(23)10-21(3)17(24)15-9-14-12(2)20-22(4)18(14)25-15/h5-9H,10H2,1-4H3,(H,19,23).